The molecule has 0 aromatic carbocycles. The first-order chi connectivity index (χ1) is 8.47. The minimum absolute atomic E-state index is 0.0889. The lowest BCUT2D eigenvalue weighted by molar-refractivity contribution is -0.266. The van der Waals surface area contributed by atoms with Gasteiger partial charge in [-0.05, 0) is 24.7 Å². The van der Waals surface area contributed by atoms with E-state index in [0.717, 1.165) is 18.9 Å². The van der Waals surface area contributed by atoms with Crippen LogP contribution in [-0.2, 0) is 19.1 Å². The molecule has 1 saturated carbocycles. The summed E-state index contributed by atoms with van der Waals surface area (Å²) in [6, 6.07) is 0. The number of aldehydes is 1. The number of hydrogen-bond acceptors (Lipinski definition) is 4. The summed E-state index contributed by atoms with van der Waals surface area (Å²) in [4.78, 5) is 22.5. The van der Waals surface area contributed by atoms with Gasteiger partial charge in [-0.1, -0.05) is 20.8 Å². The SMILES string of the molecule is CC1CCC(C(C)C)[C@]2(C1)OC(=O)C=C(C=O)O2. The zero-order valence-corrected chi connectivity index (χ0v) is 11.1. The molecule has 0 amide bonds. The second-order valence-corrected chi connectivity index (χ2v) is 5.74. The van der Waals surface area contributed by atoms with Crippen LogP contribution in [0.25, 0.3) is 0 Å². The Morgan fingerprint density at radius 3 is 2.72 bits per heavy atom. The molecular formula is C14H20O4. The molecule has 0 bridgehead atoms. The number of esters is 1. The van der Waals surface area contributed by atoms with Gasteiger partial charge in [0.2, 0.25) is 0 Å². The van der Waals surface area contributed by atoms with Crippen LogP contribution in [0.1, 0.15) is 40.0 Å². The largest absolute Gasteiger partial charge is 0.448 e. The molecule has 0 saturated heterocycles. The Morgan fingerprint density at radius 1 is 1.39 bits per heavy atom. The lowest BCUT2D eigenvalue weighted by atomic mass is 9.72. The van der Waals surface area contributed by atoms with E-state index in [4.69, 9.17) is 9.47 Å². The fourth-order valence-corrected chi connectivity index (χ4v) is 3.12. The smallest absolute Gasteiger partial charge is 0.337 e. The van der Waals surface area contributed by atoms with Crippen molar-refractivity contribution in [3.63, 3.8) is 0 Å². The number of carbonyl (C=O) groups excluding carboxylic acids is 2. The van der Waals surface area contributed by atoms with Gasteiger partial charge in [0.05, 0.1) is 6.08 Å². The van der Waals surface area contributed by atoms with Crippen LogP contribution in [0.2, 0.25) is 0 Å². The maximum absolute atomic E-state index is 11.6. The van der Waals surface area contributed by atoms with Gasteiger partial charge < -0.3 is 9.47 Å². The fraction of sp³-hybridized carbons (Fsp3) is 0.714. The van der Waals surface area contributed by atoms with E-state index >= 15 is 0 Å². The van der Waals surface area contributed by atoms with Gasteiger partial charge in [0.15, 0.2) is 12.0 Å². The highest BCUT2D eigenvalue weighted by atomic mass is 16.7. The van der Waals surface area contributed by atoms with Gasteiger partial charge in [0.1, 0.15) is 0 Å². The van der Waals surface area contributed by atoms with E-state index in [1.54, 1.807) is 0 Å². The third kappa shape index (κ3) is 2.28. The number of ether oxygens (including phenoxy) is 2. The fourth-order valence-electron chi connectivity index (χ4n) is 3.12. The van der Waals surface area contributed by atoms with Crippen molar-refractivity contribution in [2.24, 2.45) is 17.8 Å². The Kier molecular flexibility index (Phi) is 3.46. The maximum Gasteiger partial charge on any atom is 0.337 e. The first-order valence-electron chi connectivity index (χ1n) is 6.55. The van der Waals surface area contributed by atoms with E-state index < -0.39 is 11.8 Å². The van der Waals surface area contributed by atoms with E-state index in [2.05, 4.69) is 20.8 Å². The van der Waals surface area contributed by atoms with Crippen LogP contribution in [0.5, 0.6) is 0 Å². The van der Waals surface area contributed by atoms with Gasteiger partial charge in [-0.3, -0.25) is 4.79 Å². The predicted molar refractivity (Wildman–Crippen MR) is 65.4 cm³/mol. The number of allylic oxidation sites excluding steroid dienone is 1. The molecule has 18 heavy (non-hydrogen) atoms. The van der Waals surface area contributed by atoms with Crippen molar-refractivity contribution >= 4 is 12.3 Å². The highest BCUT2D eigenvalue weighted by Crippen LogP contribution is 2.46. The van der Waals surface area contributed by atoms with Gasteiger partial charge in [-0.2, -0.15) is 0 Å². The second-order valence-electron chi connectivity index (χ2n) is 5.74. The topological polar surface area (TPSA) is 52.6 Å². The Labute approximate surface area is 107 Å². The summed E-state index contributed by atoms with van der Waals surface area (Å²) in [6.07, 6.45) is 4.42. The zero-order chi connectivity index (χ0) is 13.3. The highest BCUT2D eigenvalue weighted by molar-refractivity contribution is 5.89. The summed E-state index contributed by atoms with van der Waals surface area (Å²) in [5.74, 6) is -0.404. The minimum Gasteiger partial charge on any atom is -0.448 e. The quantitative estimate of drug-likeness (QED) is 0.559. The third-order valence-corrected chi connectivity index (χ3v) is 3.91. The zero-order valence-electron chi connectivity index (χ0n) is 11.1. The van der Waals surface area contributed by atoms with Crippen LogP contribution in [-0.4, -0.2) is 18.0 Å². The third-order valence-electron chi connectivity index (χ3n) is 3.91. The molecule has 1 spiro atoms. The van der Waals surface area contributed by atoms with Crippen molar-refractivity contribution in [3.05, 3.63) is 11.8 Å². The number of hydrogen-bond donors (Lipinski definition) is 0. The van der Waals surface area contributed by atoms with Crippen LogP contribution < -0.4 is 0 Å². The number of rotatable bonds is 2. The molecule has 2 aliphatic rings. The second kappa shape index (κ2) is 4.75. The summed E-state index contributed by atoms with van der Waals surface area (Å²) in [7, 11) is 0. The molecule has 0 N–H and O–H groups in total. The Hall–Kier alpha value is -1.32. The summed E-state index contributed by atoms with van der Waals surface area (Å²) >= 11 is 0. The molecule has 1 heterocycles. The molecule has 1 aliphatic carbocycles. The monoisotopic (exact) mass is 252 g/mol. The van der Waals surface area contributed by atoms with E-state index in [1.807, 2.05) is 0 Å². The molecule has 2 rings (SSSR count). The van der Waals surface area contributed by atoms with Crippen LogP contribution in [0.3, 0.4) is 0 Å². The number of carbonyl (C=O) groups is 2. The molecule has 0 aromatic rings. The van der Waals surface area contributed by atoms with Crippen molar-refractivity contribution in [3.8, 4) is 0 Å². The van der Waals surface area contributed by atoms with Crippen molar-refractivity contribution in [1.82, 2.24) is 0 Å². The maximum atomic E-state index is 11.6. The average Bonchev–Trinajstić information content (AvgIpc) is 2.26. The Balaban J connectivity index is 2.33. The minimum atomic E-state index is -0.937. The molecule has 3 atom stereocenters. The van der Waals surface area contributed by atoms with Crippen LogP contribution in [0.15, 0.2) is 11.8 Å². The van der Waals surface area contributed by atoms with E-state index in [-0.39, 0.29) is 11.7 Å². The van der Waals surface area contributed by atoms with E-state index in [9.17, 15) is 9.59 Å². The van der Waals surface area contributed by atoms with Crippen molar-refractivity contribution in [2.45, 2.75) is 45.8 Å². The van der Waals surface area contributed by atoms with Gasteiger partial charge in [0, 0.05) is 12.3 Å². The molecule has 0 radical (unpaired) electrons. The predicted octanol–water partition coefficient (Wildman–Crippen LogP) is 2.43. The van der Waals surface area contributed by atoms with Crippen molar-refractivity contribution < 1.29 is 19.1 Å². The van der Waals surface area contributed by atoms with Gasteiger partial charge in [-0.15, -0.1) is 0 Å². The van der Waals surface area contributed by atoms with E-state index in [1.165, 1.54) is 0 Å². The molecule has 4 heteroatoms. The average molecular weight is 252 g/mol. The van der Waals surface area contributed by atoms with Crippen LogP contribution >= 0.6 is 0 Å². The van der Waals surface area contributed by atoms with Crippen molar-refractivity contribution in [2.75, 3.05) is 0 Å². The van der Waals surface area contributed by atoms with Gasteiger partial charge in [0.25, 0.3) is 5.79 Å². The van der Waals surface area contributed by atoms with Gasteiger partial charge in [-0.25, -0.2) is 4.79 Å². The van der Waals surface area contributed by atoms with Crippen molar-refractivity contribution in [1.29, 1.82) is 0 Å². The molecule has 1 aliphatic heterocycles. The molecule has 0 aromatic heterocycles. The molecule has 100 valence electrons. The van der Waals surface area contributed by atoms with Gasteiger partial charge >= 0.3 is 5.97 Å². The molecule has 4 nitrogen and oxygen atoms in total. The standard InChI is InChI=1S/C14H20O4/c1-9(2)12-5-4-10(3)7-14(12)17-11(8-15)6-13(16)18-14/h6,8-10,12H,4-5,7H2,1-3H3/t10?,12?,14-/m0/s1. The molecule has 2 unspecified atom stereocenters. The normalized spacial score (nSPS) is 36.0. The first kappa shape index (κ1) is 13.1. The first-order valence-corrected chi connectivity index (χ1v) is 6.55. The summed E-state index contributed by atoms with van der Waals surface area (Å²) < 4.78 is 11.2. The Bertz CT molecular complexity index is 385. The highest BCUT2D eigenvalue weighted by Gasteiger charge is 2.51. The summed E-state index contributed by atoms with van der Waals surface area (Å²) in [5.41, 5.74) is 0. The molecular weight excluding hydrogens is 232 g/mol. The lowest BCUT2D eigenvalue weighted by Crippen LogP contribution is -2.52. The Morgan fingerprint density at radius 2 is 2.11 bits per heavy atom. The summed E-state index contributed by atoms with van der Waals surface area (Å²) in [5, 5.41) is 0. The lowest BCUT2D eigenvalue weighted by Gasteiger charge is -2.47. The van der Waals surface area contributed by atoms with Crippen LogP contribution in [0.4, 0.5) is 0 Å². The van der Waals surface area contributed by atoms with Crippen LogP contribution in [0, 0.1) is 17.8 Å². The molecule has 1 fully saturated rings. The summed E-state index contributed by atoms with van der Waals surface area (Å²) in [6.45, 7) is 6.31. The van der Waals surface area contributed by atoms with E-state index in [0.29, 0.717) is 24.5 Å².